The van der Waals surface area contributed by atoms with Crippen molar-refractivity contribution in [1.82, 2.24) is 14.4 Å². The van der Waals surface area contributed by atoms with Gasteiger partial charge in [-0.1, -0.05) is 55.5 Å². The summed E-state index contributed by atoms with van der Waals surface area (Å²) in [5.74, 6) is 0.532. The Morgan fingerprint density at radius 1 is 0.967 bits per heavy atom. The van der Waals surface area contributed by atoms with Gasteiger partial charge < -0.3 is 14.4 Å². The van der Waals surface area contributed by atoms with Gasteiger partial charge in [0.15, 0.2) is 0 Å². The number of hydrogen-bond acceptors (Lipinski definition) is 2. The highest BCUT2D eigenvalue weighted by Gasteiger charge is 2.25. The van der Waals surface area contributed by atoms with E-state index >= 15 is 0 Å². The van der Waals surface area contributed by atoms with Gasteiger partial charge in [0.25, 0.3) is 0 Å². The van der Waals surface area contributed by atoms with Crippen LogP contribution >= 0.6 is 0 Å². The predicted molar refractivity (Wildman–Crippen MR) is 124 cm³/mol. The molecule has 3 aromatic rings. The Balaban J connectivity index is 1.55. The number of fused-ring (bicyclic) bond motifs is 1. The van der Waals surface area contributed by atoms with Crippen LogP contribution in [0.3, 0.4) is 0 Å². The second-order valence-corrected chi connectivity index (χ2v) is 8.45. The van der Waals surface area contributed by atoms with Gasteiger partial charge in [-0.25, -0.2) is 0 Å². The van der Waals surface area contributed by atoms with Gasteiger partial charge >= 0.3 is 0 Å². The van der Waals surface area contributed by atoms with E-state index in [1.165, 1.54) is 22.0 Å². The van der Waals surface area contributed by atoms with Crippen LogP contribution in [0.5, 0.6) is 0 Å². The monoisotopic (exact) mass is 403 g/mol. The van der Waals surface area contributed by atoms with Crippen molar-refractivity contribution in [2.45, 2.75) is 32.1 Å². The number of aromatic nitrogens is 1. The maximum Gasteiger partial charge on any atom is 0.223 e. The third kappa shape index (κ3) is 4.59. The summed E-state index contributed by atoms with van der Waals surface area (Å²) in [6, 6.07) is 19.2. The number of carbonyl (C=O) groups excluding carboxylic acids is 1. The summed E-state index contributed by atoms with van der Waals surface area (Å²) < 4.78 is 2.20. The number of benzene rings is 2. The quantitative estimate of drug-likeness (QED) is 0.583. The molecule has 4 nitrogen and oxygen atoms in total. The smallest absolute Gasteiger partial charge is 0.223 e. The van der Waals surface area contributed by atoms with Crippen LogP contribution in [-0.2, 0) is 18.3 Å². The van der Waals surface area contributed by atoms with E-state index in [0.29, 0.717) is 12.3 Å². The summed E-state index contributed by atoms with van der Waals surface area (Å²) in [5, 5.41) is 1.28. The number of nitrogens with zero attached hydrogens (tertiary/aromatic N) is 3. The highest BCUT2D eigenvalue weighted by molar-refractivity contribution is 5.86. The lowest BCUT2D eigenvalue weighted by molar-refractivity contribution is -0.133. The second kappa shape index (κ2) is 9.48. The van der Waals surface area contributed by atoms with Gasteiger partial charge in [-0.15, -0.1) is 0 Å². The maximum atomic E-state index is 13.2. The topological polar surface area (TPSA) is 28.5 Å². The first-order chi connectivity index (χ1) is 14.7. The Labute approximate surface area is 180 Å². The SMILES string of the molecule is CCN1CCN(C(=O)C[C@H](CCc2ccccc2)c2cn(C)c3ccccc23)CC1. The minimum Gasteiger partial charge on any atom is -0.350 e. The molecule has 0 spiro atoms. The van der Waals surface area contributed by atoms with Crippen molar-refractivity contribution >= 4 is 16.8 Å². The Kier molecular flexibility index (Phi) is 6.53. The molecule has 158 valence electrons. The van der Waals surface area contributed by atoms with E-state index in [-0.39, 0.29) is 5.92 Å². The fourth-order valence-electron chi connectivity index (χ4n) is 4.70. The highest BCUT2D eigenvalue weighted by atomic mass is 16.2. The molecule has 0 saturated carbocycles. The molecule has 2 heterocycles. The number of para-hydroxylation sites is 1. The van der Waals surface area contributed by atoms with Crippen molar-refractivity contribution < 1.29 is 4.79 Å². The first-order valence-electron chi connectivity index (χ1n) is 11.2. The van der Waals surface area contributed by atoms with Crippen LogP contribution in [0.25, 0.3) is 10.9 Å². The van der Waals surface area contributed by atoms with Crippen LogP contribution in [0, 0.1) is 0 Å². The van der Waals surface area contributed by atoms with Gasteiger partial charge in [-0.05, 0) is 42.5 Å². The highest BCUT2D eigenvalue weighted by Crippen LogP contribution is 2.33. The van der Waals surface area contributed by atoms with Crippen LogP contribution < -0.4 is 0 Å². The third-order valence-electron chi connectivity index (χ3n) is 6.59. The lowest BCUT2D eigenvalue weighted by Crippen LogP contribution is -2.48. The van der Waals surface area contributed by atoms with Crippen molar-refractivity contribution in [1.29, 1.82) is 0 Å². The Morgan fingerprint density at radius 3 is 2.40 bits per heavy atom. The molecule has 0 N–H and O–H groups in total. The molecular weight excluding hydrogens is 370 g/mol. The molecule has 1 saturated heterocycles. The summed E-state index contributed by atoms with van der Waals surface area (Å²) in [6.07, 6.45) is 4.81. The average Bonchev–Trinajstić information content (AvgIpc) is 3.14. The minimum absolute atomic E-state index is 0.230. The number of aryl methyl sites for hydroxylation is 2. The molecule has 30 heavy (non-hydrogen) atoms. The van der Waals surface area contributed by atoms with Gasteiger partial charge in [0, 0.05) is 56.7 Å². The summed E-state index contributed by atoms with van der Waals surface area (Å²) >= 11 is 0. The van der Waals surface area contributed by atoms with Crippen molar-refractivity contribution in [3.8, 4) is 0 Å². The van der Waals surface area contributed by atoms with Gasteiger partial charge in [-0.2, -0.15) is 0 Å². The zero-order chi connectivity index (χ0) is 20.9. The Bertz CT molecular complexity index is 970. The van der Waals surface area contributed by atoms with E-state index in [1.807, 2.05) is 0 Å². The van der Waals surface area contributed by atoms with Crippen LogP contribution in [-0.4, -0.2) is 53.0 Å². The van der Waals surface area contributed by atoms with Gasteiger partial charge in [-0.3, -0.25) is 4.79 Å². The van der Waals surface area contributed by atoms with E-state index in [1.54, 1.807) is 0 Å². The van der Waals surface area contributed by atoms with Crippen LogP contribution in [0.4, 0.5) is 0 Å². The number of piperazine rings is 1. The predicted octanol–water partition coefficient (Wildman–Crippen LogP) is 4.45. The number of carbonyl (C=O) groups is 1. The standard InChI is InChI=1S/C26H33N3O/c1-3-28-15-17-29(18-16-28)26(30)19-22(14-13-21-9-5-4-6-10-21)24-20-27(2)25-12-8-7-11-23(24)25/h4-12,20,22H,3,13-19H2,1-2H3/t22-/m0/s1. The van der Waals surface area contributed by atoms with E-state index in [0.717, 1.165) is 45.6 Å². The number of likely N-dealkylation sites (N-methyl/N-ethyl adjacent to an activating group) is 1. The molecule has 1 aliphatic heterocycles. The molecule has 0 radical (unpaired) electrons. The average molecular weight is 404 g/mol. The summed E-state index contributed by atoms with van der Waals surface area (Å²) in [4.78, 5) is 17.7. The van der Waals surface area contributed by atoms with Crippen LogP contribution in [0.15, 0.2) is 60.8 Å². The van der Waals surface area contributed by atoms with Gasteiger partial charge in [0.2, 0.25) is 5.91 Å². The van der Waals surface area contributed by atoms with E-state index in [2.05, 4.69) is 89.1 Å². The van der Waals surface area contributed by atoms with Crippen molar-refractivity contribution in [3.05, 3.63) is 71.9 Å². The second-order valence-electron chi connectivity index (χ2n) is 8.45. The van der Waals surface area contributed by atoms with Crippen molar-refractivity contribution in [2.75, 3.05) is 32.7 Å². The fraction of sp³-hybridized carbons (Fsp3) is 0.423. The van der Waals surface area contributed by atoms with Crippen molar-refractivity contribution in [3.63, 3.8) is 0 Å². The van der Waals surface area contributed by atoms with E-state index in [4.69, 9.17) is 0 Å². The molecule has 4 heteroatoms. The molecule has 1 aromatic heterocycles. The molecule has 2 aromatic carbocycles. The fourth-order valence-corrected chi connectivity index (χ4v) is 4.70. The molecule has 1 amide bonds. The molecule has 0 aliphatic carbocycles. The minimum atomic E-state index is 0.230. The molecule has 0 unspecified atom stereocenters. The molecule has 4 rings (SSSR count). The molecule has 1 atom stereocenters. The lowest BCUT2D eigenvalue weighted by atomic mass is 9.89. The number of hydrogen-bond donors (Lipinski definition) is 0. The molecule has 1 aliphatic rings. The zero-order valence-corrected chi connectivity index (χ0v) is 18.3. The first kappa shape index (κ1) is 20.7. The molecule has 0 bridgehead atoms. The largest absolute Gasteiger partial charge is 0.350 e. The van der Waals surface area contributed by atoms with Crippen LogP contribution in [0.2, 0.25) is 0 Å². The Hall–Kier alpha value is -2.59. The van der Waals surface area contributed by atoms with Gasteiger partial charge in [0.05, 0.1) is 0 Å². The van der Waals surface area contributed by atoms with E-state index in [9.17, 15) is 4.79 Å². The first-order valence-corrected chi connectivity index (χ1v) is 11.2. The maximum absolute atomic E-state index is 13.2. The number of rotatable bonds is 7. The Morgan fingerprint density at radius 2 is 1.67 bits per heavy atom. The number of amides is 1. The van der Waals surface area contributed by atoms with Gasteiger partial charge in [0.1, 0.15) is 0 Å². The normalized spacial score (nSPS) is 16.1. The molecular formula is C26H33N3O. The lowest BCUT2D eigenvalue weighted by Gasteiger charge is -2.34. The van der Waals surface area contributed by atoms with E-state index < -0.39 is 0 Å². The summed E-state index contributed by atoms with van der Waals surface area (Å²) in [7, 11) is 2.10. The summed E-state index contributed by atoms with van der Waals surface area (Å²) in [6.45, 7) is 6.95. The van der Waals surface area contributed by atoms with Crippen molar-refractivity contribution in [2.24, 2.45) is 7.05 Å². The van der Waals surface area contributed by atoms with Crippen LogP contribution in [0.1, 0.15) is 36.8 Å². The third-order valence-corrected chi connectivity index (χ3v) is 6.59. The summed E-state index contributed by atoms with van der Waals surface area (Å²) in [5.41, 5.74) is 3.89. The zero-order valence-electron chi connectivity index (χ0n) is 18.3. The molecule has 1 fully saturated rings.